The smallest absolute Gasteiger partial charge is 0.300 e. The fourth-order valence-corrected chi connectivity index (χ4v) is 4.00. The summed E-state index contributed by atoms with van der Waals surface area (Å²) < 4.78 is 19.3. The molecule has 0 aliphatic carbocycles. The second-order valence-corrected chi connectivity index (χ2v) is 7.71. The highest BCUT2D eigenvalue weighted by Gasteiger charge is 2.47. The van der Waals surface area contributed by atoms with Crippen molar-refractivity contribution in [2.45, 2.75) is 19.9 Å². The zero-order chi connectivity index (χ0) is 23.0. The maximum atomic E-state index is 14.0. The van der Waals surface area contributed by atoms with E-state index in [1.807, 2.05) is 44.2 Å². The Bertz CT molecular complexity index is 1250. The summed E-state index contributed by atoms with van der Waals surface area (Å²) in [6.45, 7) is 3.79. The van der Waals surface area contributed by atoms with Gasteiger partial charge in [-0.2, -0.15) is 0 Å². The van der Waals surface area contributed by atoms with Crippen LogP contribution < -0.4 is 9.64 Å². The average Bonchev–Trinajstić information content (AvgIpc) is 3.04. The van der Waals surface area contributed by atoms with E-state index in [1.165, 1.54) is 24.1 Å². The van der Waals surface area contributed by atoms with Crippen LogP contribution in [0.25, 0.3) is 5.76 Å². The Labute approximate surface area is 185 Å². The van der Waals surface area contributed by atoms with E-state index < -0.39 is 29.3 Å². The predicted molar refractivity (Wildman–Crippen MR) is 120 cm³/mol. The molecule has 5 nitrogen and oxygen atoms in total. The fourth-order valence-electron chi connectivity index (χ4n) is 4.00. The second kappa shape index (κ2) is 8.30. The minimum atomic E-state index is -0.883. The molecule has 3 aromatic rings. The normalized spacial score (nSPS) is 17.6. The zero-order valence-corrected chi connectivity index (χ0v) is 17.9. The number of nitrogens with zero attached hydrogens (tertiary/aromatic N) is 1. The highest BCUT2D eigenvalue weighted by molar-refractivity contribution is 6.51. The van der Waals surface area contributed by atoms with Crippen LogP contribution in [0.3, 0.4) is 0 Å². The summed E-state index contributed by atoms with van der Waals surface area (Å²) in [4.78, 5) is 27.8. The van der Waals surface area contributed by atoms with E-state index in [9.17, 15) is 19.1 Å². The van der Waals surface area contributed by atoms with Gasteiger partial charge < -0.3 is 9.84 Å². The molecule has 1 amide bonds. The Morgan fingerprint density at radius 2 is 1.69 bits per heavy atom. The number of ketones is 1. The lowest BCUT2D eigenvalue weighted by Gasteiger charge is -2.27. The van der Waals surface area contributed by atoms with Crippen LogP contribution in [0.5, 0.6) is 5.75 Å². The number of rotatable bonds is 4. The van der Waals surface area contributed by atoms with Crippen LogP contribution in [0, 0.1) is 19.7 Å². The summed E-state index contributed by atoms with van der Waals surface area (Å²) in [5.41, 5.74) is 2.94. The highest BCUT2D eigenvalue weighted by Crippen LogP contribution is 2.44. The van der Waals surface area contributed by atoms with E-state index in [0.29, 0.717) is 11.3 Å². The van der Waals surface area contributed by atoms with Crippen molar-refractivity contribution in [3.8, 4) is 5.75 Å². The Hall–Kier alpha value is -3.93. The van der Waals surface area contributed by atoms with Crippen molar-refractivity contribution in [3.63, 3.8) is 0 Å². The molecule has 0 aromatic heterocycles. The van der Waals surface area contributed by atoms with Gasteiger partial charge in [0.2, 0.25) is 0 Å². The van der Waals surface area contributed by atoms with E-state index in [-0.39, 0.29) is 16.9 Å². The molecule has 6 heteroatoms. The van der Waals surface area contributed by atoms with E-state index in [0.717, 1.165) is 17.2 Å². The van der Waals surface area contributed by atoms with Crippen LogP contribution >= 0.6 is 0 Å². The quantitative estimate of drug-likeness (QED) is 0.356. The second-order valence-electron chi connectivity index (χ2n) is 7.71. The number of aliphatic hydroxyl groups is 1. The first-order chi connectivity index (χ1) is 15.3. The summed E-state index contributed by atoms with van der Waals surface area (Å²) >= 11 is 0. The summed E-state index contributed by atoms with van der Waals surface area (Å²) in [7, 11) is 1.38. The van der Waals surface area contributed by atoms with Gasteiger partial charge in [-0.15, -0.1) is 0 Å². The number of ether oxygens (including phenoxy) is 1. The standard InChI is InChI=1S/C26H22FNO4/c1-15-8-11-18(12-9-15)28-23(19-7-5-4-6-16(19)2)22(25(30)26(28)31)24(29)20-14-17(27)10-13-21(20)32-3/h4-14,23,29H,1-3H3/b24-22+. The third-order valence-corrected chi connectivity index (χ3v) is 5.66. The van der Waals surface area contributed by atoms with Crippen LogP contribution in [0.1, 0.15) is 28.3 Å². The van der Waals surface area contributed by atoms with Gasteiger partial charge in [0.05, 0.1) is 24.3 Å². The zero-order valence-electron chi connectivity index (χ0n) is 17.9. The number of halogens is 1. The molecule has 1 N–H and O–H groups in total. The van der Waals surface area contributed by atoms with E-state index in [1.54, 1.807) is 18.2 Å². The predicted octanol–water partition coefficient (Wildman–Crippen LogP) is 5.08. The number of aryl methyl sites for hydroxylation is 2. The lowest BCUT2D eigenvalue weighted by Crippen LogP contribution is -2.29. The van der Waals surface area contributed by atoms with Crippen molar-refractivity contribution in [3.05, 3.63) is 100 Å². The van der Waals surface area contributed by atoms with Gasteiger partial charge >= 0.3 is 0 Å². The van der Waals surface area contributed by atoms with Gasteiger partial charge in [-0.05, 0) is 55.3 Å². The molecular formula is C26H22FNO4. The summed E-state index contributed by atoms with van der Waals surface area (Å²) in [6, 6.07) is 17.3. The number of methoxy groups -OCH3 is 1. The minimum absolute atomic E-state index is 0.00740. The third-order valence-electron chi connectivity index (χ3n) is 5.66. The minimum Gasteiger partial charge on any atom is -0.507 e. The summed E-state index contributed by atoms with van der Waals surface area (Å²) in [6.07, 6.45) is 0. The molecule has 0 bridgehead atoms. The maximum absolute atomic E-state index is 14.0. The van der Waals surface area contributed by atoms with Crippen molar-refractivity contribution < 1.29 is 23.8 Å². The van der Waals surface area contributed by atoms with Crippen molar-refractivity contribution >= 4 is 23.1 Å². The first kappa shape index (κ1) is 21.3. The largest absolute Gasteiger partial charge is 0.507 e. The van der Waals surface area contributed by atoms with Crippen molar-refractivity contribution in [1.82, 2.24) is 0 Å². The number of carbonyl (C=O) groups excluding carboxylic acids is 2. The molecule has 32 heavy (non-hydrogen) atoms. The topological polar surface area (TPSA) is 66.8 Å². The first-order valence-electron chi connectivity index (χ1n) is 10.1. The molecule has 4 rings (SSSR count). The van der Waals surface area contributed by atoms with Gasteiger partial charge in [-0.25, -0.2) is 4.39 Å². The lowest BCUT2D eigenvalue weighted by atomic mass is 9.92. The van der Waals surface area contributed by atoms with Gasteiger partial charge in [0.25, 0.3) is 11.7 Å². The van der Waals surface area contributed by atoms with E-state index in [2.05, 4.69) is 0 Å². The lowest BCUT2D eigenvalue weighted by molar-refractivity contribution is -0.132. The van der Waals surface area contributed by atoms with Gasteiger partial charge in [-0.1, -0.05) is 42.0 Å². The number of aliphatic hydroxyl groups excluding tert-OH is 1. The molecule has 0 saturated carbocycles. The number of anilines is 1. The van der Waals surface area contributed by atoms with Gasteiger partial charge in [-0.3, -0.25) is 14.5 Å². The first-order valence-corrected chi connectivity index (χ1v) is 10.1. The van der Waals surface area contributed by atoms with Crippen molar-refractivity contribution in [2.24, 2.45) is 0 Å². The van der Waals surface area contributed by atoms with E-state index in [4.69, 9.17) is 4.74 Å². The van der Waals surface area contributed by atoms with Gasteiger partial charge in [0.15, 0.2) is 0 Å². The van der Waals surface area contributed by atoms with Gasteiger partial charge in [0, 0.05) is 5.69 Å². The van der Waals surface area contributed by atoms with E-state index >= 15 is 0 Å². The third kappa shape index (κ3) is 3.54. The molecule has 3 aromatic carbocycles. The number of amides is 1. The Kier molecular flexibility index (Phi) is 5.53. The summed E-state index contributed by atoms with van der Waals surface area (Å²) in [5.74, 6) is -2.51. The molecule has 0 spiro atoms. The van der Waals surface area contributed by atoms with Crippen LogP contribution in [-0.2, 0) is 9.59 Å². The van der Waals surface area contributed by atoms with Crippen LogP contribution in [0.15, 0.2) is 72.3 Å². The monoisotopic (exact) mass is 431 g/mol. The molecule has 1 fully saturated rings. The van der Waals surface area contributed by atoms with Crippen molar-refractivity contribution in [1.29, 1.82) is 0 Å². The maximum Gasteiger partial charge on any atom is 0.300 e. The Morgan fingerprint density at radius 3 is 2.34 bits per heavy atom. The number of Topliss-reactive ketones (excluding diaryl/α,β-unsaturated/α-hetero) is 1. The number of benzene rings is 3. The fraction of sp³-hybridized carbons (Fsp3) is 0.154. The summed E-state index contributed by atoms with van der Waals surface area (Å²) in [5, 5.41) is 11.2. The molecule has 1 unspecified atom stereocenters. The molecule has 1 saturated heterocycles. The Balaban J connectivity index is 2.01. The molecule has 1 atom stereocenters. The molecule has 1 aliphatic heterocycles. The van der Waals surface area contributed by atoms with Gasteiger partial charge in [0.1, 0.15) is 17.3 Å². The Morgan fingerprint density at radius 1 is 1.00 bits per heavy atom. The van der Waals surface area contributed by atoms with Crippen molar-refractivity contribution in [2.75, 3.05) is 12.0 Å². The SMILES string of the molecule is COc1ccc(F)cc1/C(O)=C1\C(=O)C(=O)N(c2ccc(C)cc2)C1c1ccccc1C. The number of carbonyl (C=O) groups is 2. The number of hydrogen-bond donors (Lipinski definition) is 1. The number of hydrogen-bond acceptors (Lipinski definition) is 4. The van der Waals surface area contributed by atoms with Crippen LogP contribution in [0.4, 0.5) is 10.1 Å². The van der Waals surface area contributed by atoms with Crippen LogP contribution in [0.2, 0.25) is 0 Å². The molecule has 162 valence electrons. The highest BCUT2D eigenvalue weighted by atomic mass is 19.1. The molecule has 0 radical (unpaired) electrons. The molecule has 1 aliphatic rings. The molecular weight excluding hydrogens is 409 g/mol. The van der Waals surface area contributed by atoms with Crippen LogP contribution in [-0.4, -0.2) is 23.9 Å². The average molecular weight is 431 g/mol. The molecule has 1 heterocycles.